The Morgan fingerprint density at radius 1 is 1.32 bits per heavy atom. The summed E-state index contributed by atoms with van der Waals surface area (Å²) < 4.78 is 34.8. The first kappa shape index (κ1) is 14.1. The number of anilines is 1. The van der Waals surface area contributed by atoms with E-state index in [2.05, 4.69) is 0 Å². The summed E-state index contributed by atoms with van der Waals surface area (Å²) in [6.07, 6.45) is 1.17. The second-order valence-corrected chi connectivity index (χ2v) is 7.00. The average molecular weight is 285 g/mol. The molecule has 1 aromatic rings. The lowest BCUT2D eigenvalue weighted by molar-refractivity contribution is 0.0983. The number of hydrogen-bond acceptors (Lipinski definition) is 5. The van der Waals surface area contributed by atoms with Crippen LogP contribution in [-0.4, -0.2) is 39.2 Å². The molecule has 0 aromatic heterocycles. The zero-order chi connectivity index (χ0) is 13.7. The molecule has 1 aromatic carbocycles. The van der Waals surface area contributed by atoms with Gasteiger partial charge in [-0.05, 0) is 25.0 Å². The molecule has 0 atom stereocenters. The van der Waals surface area contributed by atoms with Crippen molar-refractivity contribution in [2.45, 2.75) is 18.1 Å². The van der Waals surface area contributed by atoms with Crippen molar-refractivity contribution in [3.63, 3.8) is 0 Å². The molecule has 1 fully saturated rings. The fourth-order valence-corrected chi connectivity index (χ4v) is 3.64. The summed E-state index contributed by atoms with van der Waals surface area (Å²) in [5, 5.41) is -0.286. The number of hydrogen-bond donors (Lipinski definition) is 1. The zero-order valence-corrected chi connectivity index (χ0v) is 11.6. The van der Waals surface area contributed by atoms with E-state index in [9.17, 15) is 8.42 Å². The van der Waals surface area contributed by atoms with E-state index < -0.39 is 9.84 Å². The topological polar surface area (TPSA) is 78.6 Å². The van der Waals surface area contributed by atoms with E-state index in [0.29, 0.717) is 37.5 Å². The van der Waals surface area contributed by atoms with Gasteiger partial charge in [0.15, 0.2) is 9.84 Å². The van der Waals surface area contributed by atoms with Gasteiger partial charge in [0, 0.05) is 25.0 Å². The molecule has 19 heavy (non-hydrogen) atoms. The van der Waals surface area contributed by atoms with Gasteiger partial charge in [-0.15, -0.1) is 0 Å². The lowest BCUT2D eigenvalue weighted by Crippen LogP contribution is -2.32. The first-order chi connectivity index (χ1) is 9.08. The molecule has 0 aliphatic carbocycles. The molecule has 0 saturated carbocycles. The predicted molar refractivity (Wildman–Crippen MR) is 74.0 cm³/mol. The fourth-order valence-electron chi connectivity index (χ4n) is 2.08. The van der Waals surface area contributed by atoms with E-state index in [1.54, 1.807) is 24.3 Å². The smallest absolute Gasteiger partial charge is 0.156 e. The number of nitrogen functional groups attached to an aromatic ring is 1. The molecule has 0 radical (unpaired) electrons. The molecule has 106 valence electrons. The maximum Gasteiger partial charge on any atom is 0.156 e. The Hall–Kier alpha value is -1.27. The Morgan fingerprint density at radius 3 is 2.74 bits per heavy atom. The molecule has 0 spiro atoms. The summed E-state index contributed by atoms with van der Waals surface area (Å²) >= 11 is 0. The fraction of sp³-hybridized carbons (Fsp3) is 0.538. The van der Waals surface area contributed by atoms with Crippen molar-refractivity contribution in [1.82, 2.24) is 0 Å². The Balaban J connectivity index is 1.84. The van der Waals surface area contributed by atoms with Gasteiger partial charge in [-0.3, -0.25) is 0 Å². The minimum atomic E-state index is -3.10. The highest BCUT2D eigenvalue weighted by Gasteiger charge is 2.27. The second kappa shape index (κ2) is 6.25. The zero-order valence-electron chi connectivity index (χ0n) is 10.7. The van der Waals surface area contributed by atoms with Gasteiger partial charge in [0.2, 0.25) is 0 Å². The van der Waals surface area contributed by atoms with Crippen LogP contribution in [0.3, 0.4) is 0 Å². The Morgan fingerprint density at radius 2 is 2.05 bits per heavy atom. The Labute approximate surface area is 113 Å². The number of rotatable bonds is 5. The van der Waals surface area contributed by atoms with Gasteiger partial charge < -0.3 is 15.2 Å². The third-order valence-electron chi connectivity index (χ3n) is 3.17. The third kappa shape index (κ3) is 4.11. The highest BCUT2D eigenvalue weighted by Crippen LogP contribution is 2.18. The molecule has 5 nitrogen and oxygen atoms in total. The molecule has 1 aliphatic rings. The molecule has 0 amide bonds. The summed E-state index contributed by atoms with van der Waals surface area (Å²) in [5.41, 5.74) is 6.22. The highest BCUT2D eigenvalue weighted by atomic mass is 32.2. The quantitative estimate of drug-likeness (QED) is 0.823. The summed E-state index contributed by atoms with van der Waals surface area (Å²) in [5.74, 6) is 0.633. The highest BCUT2D eigenvalue weighted by molar-refractivity contribution is 7.92. The second-order valence-electron chi connectivity index (χ2n) is 4.60. The lowest BCUT2D eigenvalue weighted by atomic mass is 10.2. The molecule has 0 bridgehead atoms. The third-order valence-corrected chi connectivity index (χ3v) is 5.39. The van der Waals surface area contributed by atoms with E-state index in [1.807, 2.05) is 0 Å². The van der Waals surface area contributed by atoms with Crippen LogP contribution in [0.2, 0.25) is 0 Å². The van der Waals surface area contributed by atoms with Gasteiger partial charge in [-0.2, -0.15) is 0 Å². The maximum absolute atomic E-state index is 12.1. The van der Waals surface area contributed by atoms with Crippen LogP contribution >= 0.6 is 0 Å². The molecule has 1 heterocycles. The van der Waals surface area contributed by atoms with Crippen LogP contribution in [0.5, 0.6) is 5.75 Å². The molecule has 1 saturated heterocycles. The monoisotopic (exact) mass is 285 g/mol. The van der Waals surface area contributed by atoms with Crippen LogP contribution in [0.25, 0.3) is 0 Å². The summed E-state index contributed by atoms with van der Waals surface area (Å²) in [6.45, 7) is 1.21. The van der Waals surface area contributed by atoms with Crippen molar-refractivity contribution in [1.29, 1.82) is 0 Å². The van der Waals surface area contributed by atoms with Crippen LogP contribution in [0.4, 0.5) is 5.69 Å². The number of sulfone groups is 1. The first-order valence-corrected chi connectivity index (χ1v) is 8.07. The van der Waals surface area contributed by atoms with Crippen molar-refractivity contribution in [2.24, 2.45) is 0 Å². The number of ether oxygens (including phenoxy) is 2. The predicted octanol–water partition coefficient (Wildman–Crippen LogP) is 1.24. The van der Waals surface area contributed by atoms with Gasteiger partial charge in [0.05, 0.1) is 11.0 Å². The van der Waals surface area contributed by atoms with Crippen LogP contribution in [0.1, 0.15) is 12.8 Å². The van der Waals surface area contributed by atoms with Gasteiger partial charge in [-0.25, -0.2) is 8.42 Å². The minimum absolute atomic E-state index is 0.0342. The molecule has 1 aliphatic heterocycles. The van der Waals surface area contributed by atoms with E-state index >= 15 is 0 Å². The summed E-state index contributed by atoms with van der Waals surface area (Å²) in [6, 6.07) is 6.97. The van der Waals surface area contributed by atoms with Crippen molar-refractivity contribution in [3.05, 3.63) is 24.3 Å². The first-order valence-electron chi connectivity index (χ1n) is 6.35. The van der Waals surface area contributed by atoms with E-state index in [-0.39, 0.29) is 17.6 Å². The van der Waals surface area contributed by atoms with Crippen LogP contribution < -0.4 is 10.5 Å². The van der Waals surface area contributed by atoms with E-state index in [1.165, 1.54) is 0 Å². The van der Waals surface area contributed by atoms with E-state index in [0.717, 1.165) is 0 Å². The Kier molecular flexibility index (Phi) is 4.66. The molecular formula is C13H19NO4S. The van der Waals surface area contributed by atoms with Gasteiger partial charge in [0.1, 0.15) is 12.4 Å². The maximum atomic E-state index is 12.1. The summed E-state index contributed by atoms with van der Waals surface area (Å²) in [7, 11) is -3.10. The number of nitrogens with two attached hydrogens (primary N) is 1. The van der Waals surface area contributed by atoms with Crippen molar-refractivity contribution < 1.29 is 17.9 Å². The largest absolute Gasteiger partial charge is 0.492 e. The van der Waals surface area contributed by atoms with Crippen molar-refractivity contribution >= 4 is 15.5 Å². The van der Waals surface area contributed by atoms with Crippen LogP contribution in [0, 0.1) is 0 Å². The van der Waals surface area contributed by atoms with Crippen molar-refractivity contribution in [3.8, 4) is 5.75 Å². The minimum Gasteiger partial charge on any atom is -0.492 e. The van der Waals surface area contributed by atoms with Gasteiger partial charge in [-0.1, -0.05) is 6.07 Å². The van der Waals surface area contributed by atoms with Gasteiger partial charge >= 0.3 is 0 Å². The van der Waals surface area contributed by atoms with Crippen molar-refractivity contribution in [2.75, 3.05) is 31.3 Å². The number of benzene rings is 1. The SMILES string of the molecule is Nc1cccc(OCCS(=O)(=O)C2CCOCC2)c1. The normalized spacial score (nSPS) is 17.3. The molecular weight excluding hydrogens is 266 g/mol. The molecule has 2 N–H and O–H groups in total. The molecule has 2 rings (SSSR count). The molecule has 0 unspecified atom stereocenters. The lowest BCUT2D eigenvalue weighted by Gasteiger charge is -2.22. The van der Waals surface area contributed by atoms with E-state index in [4.69, 9.17) is 15.2 Å². The average Bonchev–Trinajstić information content (AvgIpc) is 2.40. The van der Waals surface area contributed by atoms with Gasteiger partial charge in [0.25, 0.3) is 0 Å². The summed E-state index contributed by atoms with van der Waals surface area (Å²) in [4.78, 5) is 0. The van der Waals surface area contributed by atoms with Crippen LogP contribution in [0.15, 0.2) is 24.3 Å². The Bertz CT molecular complexity index is 509. The van der Waals surface area contributed by atoms with Crippen LogP contribution in [-0.2, 0) is 14.6 Å². The molecule has 6 heteroatoms. The standard InChI is InChI=1S/C13H19NO4S/c14-11-2-1-3-12(10-11)18-8-9-19(15,16)13-4-6-17-7-5-13/h1-3,10,13H,4-9,14H2.